The Hall–Kier alpha value is -1.76. The molecule has 29 heavy (non-hydrogen) atoms. The number of sulfone groups is 1. The van der Waals surface area contributed by atoms with Crippen molar-refractivity contribution in [1.29, 1.82) is 0 Å². The molecule has 5 nitrogen and oxygen atoms in total. The molecule has 0 amide bonds. The highest BCUT2D eigenvalue weighted by Crippen LogP contribution is 2.40. The highest BCUT2D eigenvalue weighted by atomic mass is 35.5. The summed E-state index contributed by atoms with van der Waals surface area (Å²) in [5.41, 5.74) is 4.77. The monoisotopic (exact) mass is 437 g/mol. The lowest BCUT2D eigenvalue weighted by Crippen LogP contribution is -2.22. The van der Waals surface area contributed by atoms with Crippen molar-refractivity contribution in [3.63, 3.8) is 0 Å². The van der Waals surface area contributed by atoms with Crippen molar-refractivity contribution in [2.45, 2.75) is 39.3 Å². The molecule has 0 saturated heterocycles. The summed E-state index contributed by atoms with van der Waals surface area (Å²) in [6, 6.07) is 9.99. The van der Waals surface area contributed by atoms with Gasteiger partial charge in [-0.3, -0.25) is 0 Å². The Kier molecular flexibility index (Phi) is 7.09. The molecule has 0 spiro atoms. The minimum Gasteiger partial charge on any atom is -0.493 e. The molecule has 0 aliphatic heterocycles. The highest BCUT2D eigenvalue weighted by Gasteiger charge is 2.26. The minimum atomic E-state index is -2.99. The van der Waals surface area contributed by atoms with E-state index in [1.807, 2.05) is 19.1 Å². The lowest BCUT2D eigenvalue weighted by atomic mass is 10.0. The zero-order valence-corrected chi connectivity index (χ0v) is 18.7. The Labute approximate surface area is 178 Å². The molecule has 0 unspecified atom stereocenters. The largest absolute Gasteiger partial charge is 0.493 e. The molecule has 1 atom stereocenters. The van der Waals surface area contributed by atoms with E-state index in [0.29, 0.717) is 36.2 Å². The van der Waals surface area contributed by atoms with Gasteiger partial charge in [0.15, 0.2) is 0 Å². The topological polar surface area (TPSA) is 64.6 Å². The summed E-state index contributed by atoms with van der Waals surface area (Å²) >= 11 is 6.52. The van der Waals surface area contributed by atoms with Crippen LogP contribution >= 0.6 is 11.6 Å². The van der Waals surface area contributed by atoms with Crippen molar-refractivity contribution < 1.29 is 17.9 Å². The average Bonchev–Trinajstić information content (AvgIpc) is 3.06. The van der Waals surface area contributed by atoms with Gasteiger partial charge in [-0.05, 0) is 49.4 Å². The lowest BCUT2D eigenvalue weighted by Gasteiger charge is -2.19. The van der Waals surface area contributed by atoms with E-state index in [0.717, 1.165) is 18.4 Å². The summed E-state index contributed by atoms with van der Waals surface area (Å²) < 4.78 is 34.6. The number of nitrogens with one attached hydrogen (secondary N) is 1. The summed E-state index contributed by atoms with van der Waals surface area (Å²) in [6.45, 7) is 5.41. The Bertz CT molecular complexity index is 975. The molecule has 0 radical (unpaired) electrons. The van der Waals surface area contributed by atoms with E-state index in [1.54, 1.807) is 0 Å². The predicted molar refractivity (Wildman–Crippen MR) is 117 cm³/mol. The van der Waals surface area contributed by atoms with Gasteiger partial charge in [0.25, 0.3) is 0 Å². The quantitative estimate of drug-likeness (QED) is 0.594. The SMILES string of the molecule is CCOc1cc(O[C@H]2CCc3c(C)cccc32)c(Cl)cc1CNCCS(C)(=O)=O. The van der Waals surface area contributed by atoms with Gasteiger partial charge in [-0.1, -0.05) is 29.8 Å². The smallest absolute Gasteiger partial charge is 0.148 e. The van der Waals surface area contributed by atoms with Crippen LogP contribution in [0.25, 0.3) is 0 Å². The van der Waals surface area contributed by atoms with Crippen LogP contribution in [-0.2, 0) is 22.8 Å². The molecule has 158 valence electrons. The first-order valence-electron chi connectivity index (χ1n) is 9.87. The molecular weight excluding hydrogens is 410 g/mol. The van der Waals surface area contributed by atoms with Gasteiger partial charge < -0.3 is 14.8 Å². The van der Waals surface area contributed by atoms with Crippen molar-refractivity contribution in [3.05, 3.63) is 57.6 Å². The Morgan fingerprint density at radius 3 is 2.76 bits per heavy atom. The number of hydrogen-bond donors (Lipinski definition) is 1. The first kappa shape index (κ1) is 21.9. The van der Waals surface area contributed by atoms with Crippen LogP contribution in [-0.4, -0.2) is 33.6 Å². The number of ether oxygens (including phenoxy) is 2. The van der Waals surface area contributed by atoms with Crippen LogP contribution in [0.1, 0.15) is 41.7 Å². The van der Waals surface area contributed by atoms with E-state index in [-0.39, 0.29) is 11.9 Å². The fourth-order valence-corrected chi connectivity index (χ4v) is 4.40. The predicted octanol–water partition coefficient (Wildman–Crippen LogP) is 4.25. The number of fused-ring (bicyclic) bond motifs is 1. The summed E-state index contributed by atoms with van der Waals surface area (Å²) in [5, 5.41) is 3.66. The summed E-state index contributed by atoms with van der Waals surface area (Å²) in [7, 11) is -2.99. The van der Waals surface area contributed by atoms with E-state index in [2.05, 4.69) is 30.4 Å². The summed E-state index contributed by atoms with van der Waals surface area (Å²) in [6.07, 6.45) is 3.14. The van der Waals surface area contributed by atoms with E-state index >= 15 is 0 Å². The number of halogens is 1. The van der Waals surface area contributed by atoms with E-state index in [1.165, 1.54) is 22.9 Å². The standard InChI is InChI=1S/C22H28ClNO4S/c1-4-27-21-13-22(19(23)12-16(21)14-24-10-11-29(3,25)26)28-20-9-8-17-15(2)6-5-7-18(17)20/h5-7,12-13,20,24H,4,8-11,14H2,1-3H3/t20-/m0/s1. The van der Waals surface area contributed by atoms with Crippen molar-refractivity contribution in [2.24, 2.45) is 0 Å². The Balaban J connectivity index is 1.75. The molecule has 0 saturated carbocycles. The second kappa shape index (κ2) is 9.37. The zero-order valence-electron chi connectivity index (χ0n) is 17.1. The third-order valence-corrected chi connectivity index (χ3v) is 6.34. The van der Waals surface area contributed by atoms with E-state index in [4.69, 9.17) is 21.1 Å². The van der Waals surface area contributed by atoms with Crippen molar-refractivity contribution in [3.8, 4) is 11.5 Å². The Morgan fingerprint density at radius 2 is 2.03 bits per heavy atom. The molecule has 2 aromatic carbocycles. The molecule has 7 heteroatoms. The third kappa shape index (κ3) is 5.65. The normalized spacial score (nSPS) is 15.9. The maximum Gasteiger partial charge on any atom is 0.148 e. The van der Waals surface area contributed by atoms with Gasteiger partial charge in [0.05, 0.1) is 17.4 Å². The zero-order chi connectivity index (χ0) is 21.0. The highest BCUT2D eigenvalue weighted by molar-refractivity contribution is 7.90. The molecule has 1 aliphatic carbocycles. The second-order valence-corrected chi connectivity index (χ2v) is 10.1. The molecule has 0 aromatic heterocycles. The molecule has 0 heterocycles. The number of benzene rings is 2. The van der Waals surface area contributed by atoms with Gasteiger partial charge in [0.2, 0.25) is 0 Å². The van der Waals surface area contributed by atoms with Crippen molar-refractivity contribution in [2.75, 3.05) is 25.2 Å². The van der Waals surface area contributed by atoms with Gasteiger partial charge in [0.1, 0.15) is 27.4 Å². The third-order valence-electron chi connectivity index (χ3n) is 5.10. The molecule has 3 rings (SSSR count). The molecular formula is C22H28ClNO4S. The number of hydrogen-bond acceptors (Lipinski definition) is 5. The van der Waals surface area contributed by atoms with E-state index < -0.39 is 9.84 Å². The Morgan fingerprint density at radius 1 is 1.24 bits per heavy atom. The van der Waals surface area contributed by atoms with E-state index in [9.17, 15) is 8.42 Å². The molecule has 1 aliphatic rings. The summed E-state index contributed by atoms with van der Waals surface area (Å²) in [4.78, 5) is 0. The average molecular weight is 438 g/mol. The van der Waals surface area contributed by atoms with Gasteiger partial charge in [-0.15, -0.1) is 0 Å². The van der Waals surface area contributed by atoms with Crippen LogP contribution in [0.5, 0.6) is 11.5 Å². The number of rotatable bonds is 9. The maximum absolute atomic E-state index is 11.3. The van der Waals surface area contributed by atoms with Crippen LogP contribution in [0.4, 0.5) is 0 Å². The molecule has 1 N–H and O–H groups in total. The first-order valence-corrected chi connectivity index (χ1v) is 12.3. The van der Waals surface area contributed by atoms with Crippen molar-refractivity contribution >= 4 is 21.4 Å². The van der Waals surface area contributed by atoms with Gasteiger partial charge >= 0.3 is 0 Å². The molecule has 2 aromatic rings. The van der Waals surface area contributed by atoms with Gasteiger partial charge in [-0.25, -0.2) is 8.42 Å². The fourth-order valence-electron chi connectivity index (χ4n) is 3.65. The fraction of sp³-hybridized carbons (Fsp3) is 0.455. The molecule has 0 bridgehead atoms. The summed E-state index contributed by atoms with van der Waals surface area (Å²) in [5.74, 6) is 1.39. The van der Waals surface area contributed by atoms with Crippen molar-refractivity contribution in [1.82, 2.24) is 5.32 Å². The maximum atomic E-state index is 11.3. The van der Waals surface area contributed by atoms with Crippen LogP contribution in [0, 0.1) is 6.92 Å². The van der Waals surface area contributed by atoms with Gasteiger partial charge in [0, 0.05) is 31.0 Å². The number of aryl methyl sites for hydroxylation is 1. The van der Waals surface area contributed by atoms with Crippen LogP contribution in [0.2, 0.25) is 5.02 Å². The molecule has 0 fully saturated rings. The lowest BCUT2D eigenvalue weighted by molar-refractivity contribution is 0.206. The minimum absolute atomic E-state index is 0.0180. The second-order valence-electron chi connectivity index (χ2n) is 7.42. The first-order chi connectivity index (χ1) is 13.8. The van der Waals surface area contributed by atoms with Crippen LogP contribution in [0.3, 0.4) is 0 Å². The van der Waals surface area contributed by atoms with Crippen LogP contribution in [0.15, 0.2) is 30.3 Å². The van der Waals surface area contributed by atoms with Gasteiger partial charge in [-0.2, -0.15) is 0 Å². The van der Waals surface area contributed by atoms with Crippen LogP contribution < -0.4 is 14.8 Å².